The van der Waals surface area contributed by atoms with Crippen molar-refractivity contribution in [1.29, 1.82) is 0 Å². The molecule has 0 radical (unpaired) electrons. The topological polar surface area (TPSA) is 85.6 Å². The minimum absolute atomic E-state index is 0.120. The van der Waals surface area contributed by atoms with Gasteiger partial charge in [-0.2, -0.15) is 0 Å². The van der Waals surface area contributed by atoms with Gasteiger partial charge < -0.3 is 4.57 Å². The third-order valence-electron chi connectivity index (χ3n) is 4.24. The van der Waals surface area contributed by atoms with Crippen molar-refractivity contribution in [2.24, 2.45) is 4.99 Å². The Bertz CT molecular complexity index is 1280. The van der Waals surface area contributed by atoms with Crippen molar-refractivity contribution in [3.8, 4) is 0 Å². The smallest absolute Gasteiger partial charge is 0.219 e. The van der Waals surface area contributed by atoms with Crippen LogP contribution in [0.1, 0.15) is 6.92 Å². The summed E-state index contributed by atoms with van der Waals surface area (Å²) in [6.07, 6.45) is 2.70. The Labute approximate surface area is 184 Å². The Morgan fingerprint density at radius 1 is 0.867 bits per heavy atom. The molecule has 0 saturated carbocycles. The maximum Gasteiger partial charge on any atom is 0.219 e. The highest BCUT2D eigenvalue weighted by molar-refractivity contribution is 9.10. The molecule has 6 nitrogen and oxygen atoms in total. The zero-order valence-corrected chi connectivity index (χ0v) is 19.2. The Hall–Kier alpha value is -2.49. The maximum atomic E-state index is 13.3. The summed E-state index contributed by atoms with van der Waals surface area (Å²) in [4.78, 5) is 3.98. The van der Waals surface area contributed by atoms with Gasteiger partial charge in [-0.15, -0.1) is 0 Å². The van der Waals surface area contributed by atoms with Crippen molar-refractivity contribution in [2.75, 3.05) is 0 Å². The third-order valence-corrected chi connectivity index (χ3v) is 9.09. The van der Waals surface area contributed by atoms with Crippen LogP contribution in [0.4, 0.5) is 0 Å². The van der Waals surface area contributed by atoms with Gasteiger partial charge in [0.1, 0.15) is 5.49 Å². The average Bonchev–Trinajstić information content (AvgIpc) is 2.75. The van der Waals surface area contributed by atoms with E-state index in [0.717, 1.165) is 10.7 Å². The van der Waals surface area contributed by atoms with Crippen LogP contribution < -0.4 is 5.49 Å². The molecular formula is C21H19BrN2O4S2. The van der Waals surface area contributed by atoms with E-state index in [1.165, 1.54) is 48.5 Å². The molecule has 0 atom stereocenters. The molecule has 0 fully saturated rings. The molecule has 0 unspecified atom stereocenters. The number of hydrogen-bond acceptors (Lipinski definition) is 5. The lowest BCUT2D eigenvalue weighted by molar-refractivity contribution is 0.595. The molecule has 1 heterocycles. The average molecular weight is 507 g/mol. The van der Waals surface area contributed by atoms with E-state index < -0.39 is 23.9 Å². The lowest BCUT2D eigenvalue weighted by Gasteiger charge is -2.10. The fraction of sp³-hybridized carbons (Fsp3) is 0.0952. The first-order chi connectivity index (χ1) is 14.3. The van der Waals surface area contributed by atoms with Gasteiger partial charge >= 0.3 is 0 Å². The van der Waals surface area contributed by atoms with Gasteiger partial charge in [0.2, 0.25) is 19.7 Å². The fourth-order valence-electron chi connectivity index (χ4n) is 2.71. The second-order valence-corrected chi connectivity index (χ2v) is 11.2. The van der Waals surface area contributed by atoms with Crippen molar-refractivity contribution >= 4 is 35.6 Å². The number of halogens is 1. The molecular weight excluding hydrogens is 488 g/mol. The van der Waals surface area contributed by atoms with Gasteiger partial charge in [-0.1, -0.05) is 36.4 Å². The predicted octanol–water partition coefficient (Wildman–Crippen LogP) is 3.92. The largest absolute Gasteiger partial charge is 0.332 e. The Morgan fingerprint density at radius 3 is 1.83 bits per heavy atom. The number of sulfone groups is 2. The molecule has 0 aliphatic rings. The summed E-state index contributed by atoms with van der Waals surface area (Å²) in [5, 5.41) is 0. The van der Waals surface area contributed by atoms with Crippen LogP contribution in [0.25, 0.3) is 0 Å². The van der Waals surface area contributed by atoms with Gasteiger partial charge in [0.15, 0.2) is 4.24 Å². The molecule has 0 spiro atoms. The van der Waals surface area contributed by atoms with Crippen molar-refractivity contribution in [3.63, 3.8) is 0 Å². The van der Waals surface area contributed by atoms with E-state index in [1.54, 1.807) is 35.0 Å². The highest BCUT2D eigenvalue weighted by atomic mass is 79.9. The number of benzene rings is 2. The number of nitrogens with zero attached hydrogens (tertiary/aromatic N) is 2. The molecule has 0 aliphatic heterocycles. The maximum absolute atomic E-state index is 13.3. The lowest BCUT2D eigenvalue weighted by atomic mass is 10.4. The summed E-state index contributed by atoms with van der Waals surface area (Å²) < 4.78 is 54.8. The summed E-state index contributed by atoms with van der Waals surface area (Å²) >= 11 is 3.37. The summed E-state index contributed by atoms with van der Waals surface area (Å²) in [5.74, 6) is 0. The molecule has 0 N–H and O–H groups in total. The van der Waals surface area contributed by atoms with Gasteiger partial charge in [-0.25, -0.2) is 21.8 Å². The lowest BCUT2D eigenvalue weighted by Crippen LogP contribution is -2.19. The summed E-state index contributed by atoms with van der Waals surface area (Å²) in [6.45, 7) is 2.47. The Kier molecular flexibility index (Phi) is 6.74. The van der Waals surface area contributed by atoms with Gasteiger partial charge in [0, 0.05) is 17.2 Å². The summed E-state index contributed by atoms with van der Waals surface area (Å²) in [7, 11) is -8.69. The fourth-order valence-corrected chi connectivity index (χ4v) is 6.70. The van der Waals surface area contributed by atoms with Crippen LogP contribution in [-0.2, 0) is 26.2 Å². The van der Waals surface area contributed by atoms with E-state index in [9.17, 15) is 16.8 Å². The Morgan fingerprint density at radius 2 is 1.37 bits per heavy atom. The SMILES string of the molecule is CCn1cc(Br)cc/c1=N/C=C(S(=O)(=O)c1ccccc1)S(=O)(=O)c1ccccc1. The first-order valence-corrected chi connectivity index (χ1v) is 12.7. The summed E-state index contributed by atoms with van der Waals surface area (Å²) in [6, 6.07) is 18.3. The van der Waals surface area contributed by atoms with E-state index in [0.29, 0.717) is 12.0 Å². The molecule has 1 aromatic heterocycles. The number of aromatic nitrogens is 1. The van der Waals surface area contributed by atoms with Gasteiger partial charge in [0.25, 0.3) is 0 Å². The molecule has 30 heavy (non-hydrogen) atoms. The molecule has 2 aromatic carbocycles. The van der Waals surface area contributed by atoms with Crippen LogP contribution >= 0.6 is 15.9 Å². The zero-order valence-electron chi connectivity index (χ0n) is 16.0. The van der Waals surface area contributed by atoms with Gasteiger partial charge in [0.05, 0.1) is 16.0 Å². The highest BCUT2D eigenvalue weighted by Crippen LogP contribution is 2.28. The molecule has 0 aliphatic carbocycles. The minimum atomic E-state index is -4.34. The molecule has 3 rings (SSSR count). The second kappa shape index (κ2) is 9.11. The molecule has 0 bridgehead atoms. The van der Waals surface area contributed by atoms with Gasteiger partial charge in [-0.3, -0.25) is 0 Å². The number of hydrogen-bond donors (Lipinski definition) is 0. The number of aryl methyl sites for hydroxylation is 1. The van der Waals surface area contributed by atoms with Crippen molar-refractivity contribution in [2.45, 2.75) is 23.3 Å². The highest BCUT2D eigenvalue weighted by Gasteiger charge is 2.33. The van der Waals surface area contributed by atoms with E-state index in [2.05, 4.69) is 20.9 Å². The molecule has 3 aromatic rings. The zero-order chi connectivity index (χ0) is 21.8. The first kappa shape index (κ1) is 22.2. The normalized spacial score (nSPS) is 12.5. The van der Waals surface area contributed by atoms with Crippen LogP contribution in [-0.4, -0.2) is 21.4 Å². The standard InChI is InChI=1S/C21H19BrN2O4S2/c1-2-24-16-17(22)13-14-20(24)23-15-21(29(25,26)18-9-5-3-6-10-18)30(27,28)19-11-7-4-8-12-19/h3-16H,2H2,1H3/b23-20-. The van der Waals surface area contributed by atoms with Gasteiger partial charge in [-0.05, 0) is 59.3 Å². The molecule has 156 valence electrons. The molecule has 0 amide bonds. The van der Waals surface area contributed by atoms with Crippen LogP contribution in [0.5, 0.6) is 0 Å². The van der Waals surface area contributed by atoms with E-state index >= 15 is 0 Å². The molecule has 0 saturated heterocycles. The summed E-state index contributed by atoms with van der Waals surface area (Å²) in [5.41, 5.74) is 0.421. The first-order valence-electron chi connectivity index (χ1n) is 8.97. The van der Waals surface area contributed by atoms with Crippen LogP contribution in [0.2, 0.25) is 0 Å². The third kappa shape index (κ3) is 4.63. The van der Waals surface area contributed by atoms with Crippen molar-refractivity contribution in [3.05, 3.63) is 99.4 Å². The quantitative estimate of drug-likeness (QED) is 0.506. The monoisotopic (exact) mass is 506 g/mol. The minimum Gasteiger partial charge on any atom is -0.332 e. The molecule has 9 heteroatoms. The van der Waals surface area contributed by atoms with Crippen molar-refractivity contribution < 1.29 is 16.8 Å². The van der Waals surface area contributed by atoms with Crippen LogP contribution in [0, 0.1) is 0 Å². The van der Waals surface area contributed by atoms with Crippen LogP contribution in [0.15, 0.2) is 109 Å². The number of rotatable bonds is 6. The number of pyridine rings is 1. The predicted molar refractivity (Wildman–Crippen MR) is 119 cm³/mol. The van der Waals surface area contributed by atoms with Crippen LogP contribution in [0.3, 0.4) is 0 Å². The second-order valence-electron chi connectivity index (χ2n) is 6.20. The van der Waals surface area contributed by atoms with E-state index in [-0.39, 0.29) is 9.79 Å². The van der Waals surface area contributed by atoms with E-state index in [4.69, 9.17) is 0 Å². The van der Waals surface area contributed by atoms with Crippen molar-refractivity contribution in [1.82, 2.24) is 4.57 Å². The van der Waals surface area contributed by atoms with E-state index in [1.807, 2.05) is 6.92 Å². The Balaban J connectivity index is 2.29.